The SMILES string of the molecule is Cc1nnc2ccc(C(=O)N3CCN(CC(C)(C)O)CC3)cn12. The van der Waals surface area contributed by atoms with Gasteiger partial charge < -0.3 is 10.0 Å². The van der Waals surface area contributed by atoms with E-state index in [0.717, 1.165) is 24.6 Å². The lowest BCUT2D eigenvalue weighted by molar-refractivity contribution is 0.0178. The molecule has 0 bridgehead atoms. The number of nitrogens with zero attached hydrogens (tertiary/aromatic N) is 5. The third kappa shape index (κ3) is 3.51. The molecule has 0 radical (unpaired) electrons. The number of aliphatic hydroxyl groups is 1. The molecule has 124 valence electrons. The number of amides is 1. The number of carbonyl (C=O) groups is 1. The number of carbonyl (C=O) groups excluding carboxylic acids is 1. The summed E-state index contributed by atoms with van der Waals surface area (Å²) in [6.07, 6.45) is 1.80. The van der Waals surface area contributed by atoms with Gasteiger partial charge in [-0.1, -0.05) is 0 Å². The van der Waals surface area contributed by atoms with E-state index in [0.29, 0.717) is 25.2 Å². The third-order valence-corrected chi connectivity index (χ3v) is 4.09. The Morgan fingerprint density at radius 3 is 2.57 bits per heavy atom. The van der Waals surface area contributed by atoms with Crippen LogP contribution in [0.5, 0.6) is 0 Å². The quantitative estimate of drug-likeness (QED) is 0.896. The van der Waals surface area contributed by atoms with Crippen molar-refractivity contribution < 1.29 is 9.90 Å². The second kappa shape index (κ2) is 5.90. The molecule has 1 amide bonds. The number of rotatable bonds is 3. The fourth-order valence-electron chi connectivity index (χ4n) is 2.97. The van der Waals surface area contributed by atoms with Gasteiger partial charge in [-0.05, 0) is 32.9 Å². The van der Waals surface area contributed by atoms with Crippen LogP contribution in [0.1, 0.15) is 30.0 Å². The molecule has 1 fully saturated rings. The van der Waals surface area contributed by atoms with Crippen molar-refractivity contribution in [3.05, 3.63) is 29.7 Å². The first-order chi connectivity index (χ1) is 10.8. The van der Waals surface area contributed by atoms with Crippen molar-refractivity contribution in [2.45, 2.75) is 26.4 Å². The number of aryl methyl sites for hydroxylation is 1. The summed E-state index contributed by atoms with van der Waals surface area (Å²) < 4.78 is 1.83. The first-order valence-electron chi connectivity index (χ1n) is 7.89. The van der Waals surface area contributed by atoms with Gasteiger partial charge in [0.2, 0.25) is 0 Å². The molecule has 0 saturated carbocycles. The number of pyridine rings is 1. The van der Waals surface area contributed by atoms with Crippen LogP contribution in [-0.4, -0.2) is 73.7 Å². The van der Waals surface area contributed by atoms with Crippen LogP contribution in [0.25, 0.3) is 5.65 Å². The fraction of sp³-hybridized carbons (Fsp3) is 0.562. The smallest absolute Gasteiger partial charge is 0.255 e. The summed E-state index contributed by atoms with van der Waals surface area (Å²) in [7, 11) is 0. The van der Waals surface area contributed by atoms with Crippen molar-refractivity contribution in [1.29, 1.82) is 0 Å². The highest BCUT2D eigenvalue weighted by atomic mass is 16.3. The van der Waals surface area contributed by atoms with Crippen molar-refractivity contribution in [3.8, 4) is 0 Å². The van der Waals surface area contributed by atoms with E-state index in [1.807, 2.05) is 22.3 Å². The van der Waals surface area contributed by atoms with Gasteiger partial charge in [-0.2, -0.15) is 0 Å². The van der Waals surface area contributed by atoms with Gasteiger partial charge in [-0.15, -0.1) is 10.2 Å². The Hall–Kier alpha value is -1.99. The lowest BCUT2D eigenvalue weighted by Gasteiger charge is -2.37. The summed E-state index contributed by atoms with van der Waals surface area (Å²) in [4.78, 5) is 16.7. The standard InChI is InChI=1S/C16H23N5O2/c1-12-17-18-14-5-4-13(10-21(12)14)15(22)20-8-6-19(7-9-20)11-16(2,3)23/h4-5,10,23H,6-9,11H2,1-3H3. The van der Waals surface area contributed by atoms with Crippen LogP contribution in [0.15, 0.2) is 18.3 Å². The highest BCUT2D eigenvalue weighted by Crippen LogP contribution is 2.13. The van der Waals surface area contributed by atoms with Crippen molar-refractivity contribution >= 4 is 11.6 Å². The van der Waals surface area contributed by atoms with Crippen molar-refractivity contribution in [2.24, 2.45) is 0 Å². The Balaban J connectivity index is 1.67. The first-order valence-corrected chi connectivity index (χ1v) is 7.89. The minimum absolute atomic E-state index is 0.0305. The number of aromatic nitrogens is 3. The normalized spacial score (nSPS) is 17.0. The number of fused-ring (bicyclic) bond motifs is 1. The van der Waals surface area contributed by atoms with Crippen molar-refractivity contribution in [1.82, 2.24) is 24.4 Å². The molecule has 1 aliphatic rings. The van der Waals surface area contributed by atoms with Crippen LogP contribution in [0.3, 0.4) is 0 Å². The molecule has 7 nitrogen and oxygen atoms in total. The van der Waals surface area contributed by atoms with E-state index in [2.05, 4.69) is 15.1 Å². The second-order valence-electron chi connectivity index (χ2n) is 6.77. The van der Waals surface area contributed by atoms with E-state index in [-0.39, 0.29) is 5.91 Å². The maximum atomic E-state index is 12.7. The van der Waals surface area contributed by atoms with Crippen LogP contribution < -0.4 is 0 Å². The third-order valence-electron chi connectivity index (χ3n) is 4.09. The van der Waals surface area contributed by atoms with E-state index < -0.39 is 5.60 Å². The second-order valence-corrected chi connectivity index (χ2v) is 6.77. The molecule has 1 aliphatic heterocycles. The number of β-amino-alcohol motifs (C(OH)–C–C–N with tert-alkyl or cyclic N) is 1. The molecule has 23 heavy (non-hydrogen) atoms. The Kier molecular flexibility index (Phi) is 4.08. The van der Waals surface area contributed by atoms with Crippen LogP contribution >= 0.6 is 0 Å². The molecule has 2 aromatic rings. The van der Waals surface area contributed by atoms with Crippen molar-refractivity contribution in [2.75, 3.05) is 32.7 Å². The summed E-state index contributed by atoms with van der Waals surface area (Å²) in [5.41, 5.74) is 0.689. The molecule has 0 unspecified atom stereocenters. The van der Waals surface area contributed by atoms with Gasteiger partial charge in [0.15, 0.2) is 5.65 Å². The van der Waals surface area contributed by atoms with Gasteiger partial charge in [0.05, 0.1) is 11.2 Å². The van der Waals surface area contributed by atoms with Crippen molar-refractivity contribution in [3.63, 3.8) is 0 Å². The van der Waals surface area contributed by atoms with Gasteiger partial charge in [-0.25, -0.2) is 0 Å². The van der Waals surface area contributed by atoms with Gasteiger partial charge in [0.25, 0.3) is 5.91 Å². The minimum Gasteiger partial charge on any atom is -0.389 e. The molecule has 2 aromatic heterocycles. The lowest BCUT2D eigenvalue weighted by atomic mass is 10.1. The molecular formula is C16H23N5O2. The van der Waals surface area contributed by atoms with Crippen LogP contribution in [-0.2, 0) is 0 Å². The summed E-state index contributed by atoms with van der Waals surface area (Å²) >= 11 is 0. The topological polar surface area (TPSA) is 74.0 Å². The van der Waals surface area contributed by atoms with Crippen LogP contribution in [0, 0.1) is 6.92 Å². The molecule has 0 spiro atoms. The lowest BCUT2D eigenvalue weighted by Crippen LogP contribution is -2.52. The van der Waals surface area contributed by atoms with Gasteiger partial charge in [-0.3, -0.25) is 14.1 Å². The highest BCUT2D eigenvalue weighted by Gasteiger charge is 2.25. The molecule has 7 heteroatoms. The Bertz CT molecular complexity index is 711. The van der Waals surface area contributed by atoms with E-state index in [1.54, 1.807) is 26.1 Å². The monoisotopic (exact) mass is 317 g/mol. The highest BCUT2D eigenvalue weighted by molar-refractivity contribution is 5.94. The molecular weight excluding hydrogens is 294 g/mol. The maximum absolute atomic E-state index is 12.7. The number of hydrogen-bond acceptors (Lipinski definition) is 5. The van der Waals surface area contributed by atoms with Gasteiger partial charge in [0, 0.05) is 38.9 Å². The zero-order chi connectivity index (χ0) is 16.6. The Morgan fingerprint density at radius 1 is 1.22 bits per heavy atom. The minimum atomic E-state index is -0.705. The van der Waals surface area contributed by atoms with E-state index >= 15 is 0 Å². The van der Waals surface area contributed by atoms with E-state index in [1.165, 1.54) is 0 Å². The average molecular weight is 317 g/mol. The summed E-state index contributed by atoms with van der Waals surface area (Å²) in [6, 6.07) is 3.62. The largest absolute Gasteiger partial charge is 0.389 e. The molecule has 3 heterocycles. The molecule has 3 rings (SSSR count). The summed E-state index contributed by atoms with van der Waals surface area (Å²) in [6.45, 7) is 9.02. The first kappa shape index (κ1) is 15.9. The molecule has 1 saturated heterocycles. The fourth-order valence-corrected chi connectivity index (χ4v) is 2.97. The van der Waals surface area contributed by atoms with Crippen LogP contribution in [0.4, 0.5) is 0 Å². The molecule has 0 aliphatic carbocycles. The number of piperazine rings is 1. The van der Waals surface area contributed by atoms with E-state index in [4.69, 9.17) is 0 Å². The zero-order valence-electron chi connectivity index (χ0n) is 13.9. The van der Waals surface area contributed by atoms with Gasteiger partial charge in [0.1, 0.15) is 5.82 Å². The summed E-state index contributed by atoms with van der Waals surface area (Å²) in [5.74, 6) is 0.799. The van der Waals surface area contributed by atoms with E-state index in [9.17, 15) is 9.90 Å². The average Bonchev–Trinajstić information content (AvgIpc) is 2.87. The molecule has 0 atom stereocenters. The molecule has 1 N–H and O–H groups in total. The maximum Gasteiger partial charge on any atom is 0.255 e. The predicted molar refractivity (Wildman–Crippen MR) is 86.4 cm³/mol. The Morgan fingerprint density at radius 2 is 1.91 bits per heavy atom. The summed E-state index contributed by atoms with van der Waals surface area (Å²) in [5, 5.41) is 17.9. The zero-order valence-corrected chi connectivity index (χ0v) is 13.9. The van der Waals surface area contributed by atoms with Crippen LogP contribution in [0.2, 0.25) is 0 Å². The Labute approximate surface area is 135 Å². The molecule has 0 aromatic carbocycles. The number of hydrogen-bond donors (Lipinski definition) is 1. The predicted octanol–water partition coefficient (Wildman–Crippen LogP) is 0.566. The van der Waals surface area contributed by atoms with Gasteiger partial charge >= 0.3 is 0 Å².